The molecule has 0 bridgehead atoms. The van der Waals surface area contributed by atoms with Crippen LogP contribution in [-0.2, 0) is 6.42 Å². The first kappa shape index (κ1) is 14.5. The molecule has 0 amide bonds. The van der Waals surface area contributed by atoms with Crippen LogP contribution in [-0.4, -0.2) is 14.2 Å². The molecule has 0 aliphatic heterocycles. The Labute approximate surface area is 131 Å². The van der Waals surface area contributed by atoms with E-state index in [9.17, 15) is 5.26 Å². The van der Waals surface area contributed by atoms with Crippen molar-refractivity contribution in [3.63, 3.8) is 0 Å². The number of hydrogen-bond donors (Lipinski definition) is 0. The highest BCUT2D eigenvalue weighted by Crippen LogP contribution is 2.46. The first-order valence-electron chi connectivity index (χ1n) is 7.46. The van der Waals surface area contributed by atoms with Gasteiger partial charge in [0.05, 0.1) is 26.2 Å². The van der Waals surface area contributed by atoms with Crippen LogP contribution in [0, 0.1) is 11.3 Å². The fraction of sp³-hybridized carbons (Fsp3) is 0.316. The average Bonchev–Trinajstić information content (AvgIpc) is 2.60. The van der Waals surface area contributed by atoms with Gasteiger partial charge in [-0.15, -0.1) is 0 Å². The summed E-state index contributed by atoms with van der Waals surface area (Å²) < 4.78 is 11.0. The Hall–Kier alpha value is -2.47. The maximum absolute atomic E-state index is 9.57. The van der Waals surface area contributed by atoms with E-state index in [1.54, 1.807) is 14.2 Å². The highest BCUT2D eigenvalue weighted by Gasteiger charge is 2.31. The highest BCUT2D eigenvalue weighted by molar-refractivity contribution is 5.55. The van der Waals surface area contributed by atoms with Gasteiger partial charge in [-0.3, -0.25) is 0 Å². The summed E-state index contributed by atoms with van der Waals surface area (Å²) in [7, 11) is 3.30. The Morgan fingerprint density at radius 2 is 1.82 bits per heavy atom. The maximum atomic E-state index is 9.57. The lowest BCUT2D eigenvalue weighted by atomic mass is 9.74. The van der Waals surface area contributed by atoms with Crippen molar-refractivity contribution in [3.8, 4) is 17.6 Å². The molecule has 1 aliphatic carbocycles. The van der Waals surface area contributed by atoms with Crippen molar-refractivity contribution in [1.29, 1.82) is 5.26 Å². The van der Waals surface area contributed by atoms with Crippen molar-refractivity contribution in [1.82, 2.24) is 0 Å². The molecular formula is C19H19NO2. The number of fused-ring (bicyclic) bond motifs is 1. The Kier molecular flexibility index (Phi) is 4.02. The van der Waals surface area contributed by atoms with Gasteiger partial charge in [-0.2, -0.15) is 5.26 Å². The maximum Gasteiger partial charge on any atom is 0.164 e. The lowest BCUT2D eigenvalue weighted by Crippen LogP contribution is -2.18. The molecule has 3 heteroatoms. The Morgan fingerprint density at radius 1 is 1.05 bits per heavy atom. The van der Waals surface area contributed by atoms with Gasteiger partial charge < -0.3 is 9.47 Å². The summed E-state index contributed by atoms with van der Waals surface area (Å²) in [5.74, 6) is 1.72. The van der Waals surface area contributed by atoms with Gasteiger partial charge in [-0.05, 0) is 36.0 Å². The fourth-order valence-corrected chi connectivity index (χ4v) is 3.39. The summed E-state index contributed by atoms with van der Waals surface area (Å²) in [5.41, 5.74) is 3.46. The van der Waals surface area contributed by atoms with Gasteiger partial charge in [0.2, 0.25) is 0 Å². The molecule has 0 N–H and O–H groups in total. The third-order valence-electron chi connectivity index (χ3n) is 4.46. The summed E-state index contributed by atoms with van der Waals surface area (Å²) >= 11 is 0. The first-order valence-corrected chi connectivity index (χ1v) is 7.46. The second-order valence-corrected chi connectivity index (χ2v) is 5.60. The Balaban J connectivity index is 2.08. The summed E-state index contributed by atoms with van der Waals surface area (Å²) in [6.45, 7) is 0. The zero-order valence-corrected chi connectivity index (χ0v) is 12.9. The molecule has 1 aliphatic rings. The summed E-state index contributed by atoms with van der Waals surface area (Å²) in [6.07, 6.45) is 1.72. The van der Waals surface area contributed by atoms with Gasteiger partial charge in [0, 0.05) is 5.56 Å². The third kappa shape index (κ3) is 2.42. The molecule has 22 heavy (non-hydrogen) atoms. The molecule has 0 heterocycles. The van der Waals surface area contributed by atoms with E-state index in [1.165, 1.54) is 5.56 Å². The molecule has 2 unspecified atom stereocenters. The monoisotopic (exact) mass is 293 g/mol. The van der Waals surface area contributed by atoms with Crippen LogP contribution < -0.4 is 9.47 Å². The molecule has 2 aromatic rings. The quantitative estimate of drug-likeness (QED) is 0.857. The van der Waals surface area contributed by atoms with Crippen molar-refractivity contribution in [2.45, 2.75) is 24.7 Å². The zero-order valence-electron chi connectivity index (χ0n) is 12.9. The standard InChI is InChI=1S/C19H19NO2/c1-21-18-9-8-16-15(12-20)10-14(11-17(16)19(18)22-2)13-6-4-3-5-7-13/h3-9,14-15H,10-11H2,1-2H3. The smallest absolute Gasteiger partial charge is 0.164 e. The molecule has 112 valence electrons. The molecule has 0 saturated heterocycles. The molecular weight excluding hydrogens is 274 g/mol. The van der Waals surface area contributed by atoms with E-state index in [2.05, 4.69) is 30.3 Å². The van der Waals surface area contributed by atoms with Crippen LogP contribution in [0.3, 0.4) is 0 Å². The molecule has 0 aromatic heterocycles. The van der Waals surface area contributed by atoms with Gasteiger partial charge in [0.1, 0.15) is 0 Å². The molecule has 0 spiro atoms. The fourth-order valence-electron chi connectivity index (χ4n) is 3.39. The molecule has 0 saturated carbocycles. The number of nitrogens with zero attached hydrogens (tertiary/aromatic N) is 1. The van der Waals surface area contributed by atoms with Crippen molar-refractivity contribution in [3.05, 3.63) is 59.2 Å². The van der Waals surface area contributed by atoms with Crippen LogP contribution in [0.15, 0.2) is 42.5 Å². The van der Waals surface area contributed by atoms with Crippen molar-refractivity contribution in [2.75, 3.05) is 14.2 Å². The second kappa shape index (κ2) is 6.11. The Bertz CT molecular complexity index is 703. The molecule has 0 fully saturated rings. The number of hydrogen-bond acceptors (Lipinski definition) is 3. The summed E-state index contributed by atoms with van der Waals surface area (Å²) in [4.78, 5) is 0. The van der Waals surface area contributed by atoms with Gasteiger partial charge in [0.25, 0.3) is 0 Å². The van der Waals surface area contributed by atoms with Crippen LogP contribution in [0.2, 0.25) is 0 Å². The molecule has 0 radical (unpaired) electrons. The van der Waals surface area contributed by atoms with E-state index in [4.69, 9.17) is 9.47 Å². The Morgan fingerprint density at radius 3 is 2.45 bits per heavy atom. The number of nitriles is 1. The minimum atomic E-state index is -0.103. The topological polar surface area (TPSA) is 42.2 Å². The lowest BCUT2D eigenvalue weighted by molar-refractivity contribution is 0.347. The van der Waals surface area contributed by atoms with Gasteiger partial charge in [0.15, 0.2) is 11.5 Å². The second-order valence-electron chi connectivity index (χ2n) is 5.60. The van der Waals surface area contributed by atoms with Crippen LogP contribution in [0.5, 0.6) is 11.5 Å². The van der Waals surface area contributed by atoms with Gasteiger partial charge >= 0.3 is 0 Å². The van der Waals surface area contributed by atoms with Crippen molar-refractivity contribution < 1.29 is 9.47 Å². The van der Waals surface area contributed by atoms with Gasteiger partial charge in [-0.25, -0.2) is 0 Å². The average molecular weight is 293 g/mol. The normalized spacial score (nSPS) is 19.9. The zero-order chi connectivity index (χ0) is 15.5. The van der Waals surface area contributed by atoms with Crippen LogP contribution in [0.1, 0.15) is 34.9 Å². The van der Waals surface area contributed by atoms with Crippen molar-refractivity contribution in [2.24, 2.45) is 0 Å². The van der Waals surface area contributed by atoms with Crippen LogP contribution >= 0.6 is 0 Å². The highest BCUT2D eigenvalue weighted by atomic mass is 16.5. The van der Waals surface area contributed by atoms with Crippen LogP contribution in [0.4, 0.5) is 0 Å². The predicted molar refractivity (Wildman–Crippen MR) is 85.4 cm³/mol. The molecule has 2 aromatic carbocycles. The first-order chi connectivity index (χ1) is 10.8. The predicted octanol–water partition coefficient (Wildman–Crippen LogP) is 4.04. The third-order valence-corrected chi connectivity index (χ3v) is 4.46. The van der Waals surface area contributed by atoms with E-state index in [0.717, 1.165) is 35.5 Å². The number of benzene rings is 2. The van der Waals surface area contributed by atoms with Gasteiger partial charge in [-0.1, -0.05) is 36.4 Å². The molecule has 3 nitrogen and oxygen atoms in total. The van der Waals surface area contributed by atoms with E-state index < -0.39 is 0 Å². The number of rotatable bonds is 3. The number of ether oxygens (including phenoxy) is 2. The largest absolute Gasteiger partial charge is 0.493 e. The van der Waals surface area contributed by atoms with Crippen LogP contribution in [0.25, 0.3) is 0 Å². The number of methoxy groups -OCH3 is 2. The summed E-state index contributed by atoms with van der Waals surface area (Å²) in [6, 6.07) is 16.7. The summed E-state index contributed by atoms with van der Waals surface area (Å²) in [5, 5.41) is 9.57. The lowest BCUT2D eigenvalue weighted by Gasteiger charge is -2.30. The van der Waals surface area contributed by atoms with E-state index in [0.29, 0.717) is 5.92 Å². The van der Waals surface area contributed by atoms with Crippen molar-refractivity contribution >= 4 is 0 Å². The SMILES string of the molecule is COc1ccc2c(c1OC)CC(c1ccccc1)CC2C#N. The minimum Gasteiger partial charge on any atom is -0.493 e. The van der Waals surface area contributed by atoms with E-state index >= 15 is 0 Å². The minimum absolute atomic E-state index is 0.103. The van der Waals surface area contributed by atoms with E-state index in [1.807, 2.05) is 18.2 Å². The molecule has 3 rings (SSSR count). The van der Waals surface area contributed by atoms with E-state index in [-0.39, 0.29) is 5.92 Å². The molecule has 2 atom stereocenters.